The molecule has 21 heavy (non-hydrogen) atoms. The molecule has 2 aromatic rings. The molecule has 0 bridgehead atoms. The summed E-state index contributed by atoms with van der Waals surface area (Å²) in [5, 5.41) is 7.51. The minimum absolute atomic E-state index is 0.248. The molecule has 0 amide bonds. The summed E-state index contributed by atoms with van der Waals surface area (Å²) in [6.45, 7) is 4.55. The first-order valence-corrected chi connectivity index (χ1v) is 7.11. The Morgan fingerprint density at radius 2 is 2.00 bits per heavy atom. The van der Waals surface area contributed by atoms with Gasteiger partial charge in [-0.2, -0.15) is 20.1 Å². The van der Waals surface area contributed by atoms with Crippen LogP contribution < -0.4 is 16.0 Å². The number of rotatable bonds is 4. The smallest absolute Gasteiger partial charge is 0.231 e. The van der Waals surface area contributed by atoms with E-state index < -0.39 is 0 Å². The van der Waals surface area contributed by atoms with Gasteiger partial charge in [-0.05, 0) is 19.8 Å². The zero-order valence-electron chi connectivity index (χ0n) is 12.4. The fraction of sp³-hybridized carbons (Fsp3) is 0.538. The van der Waals surface area contributed by atoms with Crippen molar-refractivity contribution in [2.24, 2.45) is 7.05 Å². The third-order valence-corrected chi connectivity index (χ3v) is 3.58. The largest absolute Gasteiger partial charge is 0.368 e. The summed E-state index contributed by atoms with van der Waals surface area (Å²) in [6, 6.07) is 0. The van der Waals surface area contributed by atoms with Crippen molar-refractivity contribution in [3.05, 3.63) is 17.5 Å². The highest BCUT2D eigenvalue weighted by atomic mass is 15.3. The van der Waals surface area contributed by atoms with E-state index in [9.17, 15) is 0 Å². The quantitative estimate of drug-likeness (QED) is 0.854. The van der Waals surface area contributed by atoms with Crippen molar-refractivity contribution in [2.75, 3.05) is 29.0 Å². The summed E-state index contributed by atoms with van der Waals surface area (Å²) in [5.41, 5.74) is 7.89. The maximum atomic E-state index is 5.78. The van der Waals surface area contributed by atoms with Crippen LogP contribution >= 0.6 is 0 Å². The van der Waals surface area contributed by atoms with Gasteiger partial charge in [-0.25, -0.2) is 0 Å². The molecule has 1 aliphatic heterocycles. The molecule has 0 aromatic carbocycles. The molecular weight excluding hydrogens is 268 g/mol. The van der Waals surface area contributed by atoms with Gasteiger partial charge in [0.05, 0.1) is 5.69 Å². The van der Waals surface area contributed by atoms with Gasteiger partial charge in [0.15, 0.2) is 0 Å². The molecule has 0 atom stereocenters. The van der Waals surface area contributed by atoms with Crippen LogP contribution in [-0.2, 0) is 13.6 Å². The Hall–Kier alpha value is -2.38. The molecule has 1 saturated heterocycles. The number of nitrogens with one attached hydrogen (secondary N) is 1. The van der Waals surface area contributed by atoms with E-state index in [4.69, 9.17) is 5.73 Å². The number of nitrogens with zero attached hydrogens (tertiary/aromatic N) is 6. The average Bonchev–Trinajstić information content (AvgIpc) is 3.06. The van der Waals surface area contributed by atoms with E-state index in [1.807, 2.05) is 20.2 Å². The highest BCUT2D eigenvalue weighted by molar-refractivity contribution is 5.42. The standard InChI is InChI=1S/C13H20N8/c1-9-10(8-20(2)19-9)7-15-12-16-11(14)17-13(18-12)21-5-3-4-6-21/h8H,3-7H2,1-2H3,(H3,14,15,16,17,18). The molecule has 1 aliphatic rings. The predicted molar refractivity (Wildman–Crippen MR) is 81.0 cm³/mol. The molecule has 112 valence electrons. The van der Waals surface area contributed by atoms with Crippen LogP contribution in [-0.4, -0.2) is 37.8 Å². The number of hydrogen-bond donors (Lipinski definition) is 2. The molecule has 0 saturated carbocycles. The lowest BCUT2D eigenvalue weighted by Gasteiger charge is -2.15. The third-order valence-electron chi connectivity index (χ3n) is 3.58. The minimum atomic E-state index is 0.248. The molecule has 0 spiro atoms. The summed E-state index contributed by atoms with van der Waals surface area (Å²) in [5.74, 6) is 1.41. The van der Waals surface area contributed by atoms with Crippen molar-refractivity contribution >= 4 is 17.8 Å². The van der Waals surface area contributed by atoms with Gasteiger partial charge >= 0.3 is 0 Å². The van der Waals surface area contributed by atoms with Crippen LogP contribution in [0.3, 0.4) is 0 Å². The van der Waals surface area contributed by atoms with Crippen LogP contribution in [0.2, 0.25) is 0 Å². The van der Waals surface area contributed by atoms with E-state index in [1.54, 1.807) is 4.68 Å². The molecule has 3 heterocycles. The van der Waals surface area contributed by atoms with Crippen LogP contribution in [0.15, 0.2) is 6.20 Å². The normalized spacial score (nSPS) is 14.7. The van der Waals surface area contributed by atoms with Crippen molar-refractivity contribution < 1.29 is 0 Å². The maximum Gasteiger partial charge on any atom is 0.231 e. The first kappa shape index (κ1) is 13.6. The topological polar surface area (TPSA) is 97.8 Å². The monoisotopic (exact) mass is 288 g/mol. The average molecular weight is 288 g/mol. The first-order chi connectivity index (χ1) is 10.1. The molecule has 3 N–H and O–H groups in total. The van der Waals surface area contributed by atoms with Gasteiger partial charge in [-0.15, -0.1) is 0 Å². The van der Waals surface area contributed by atoms with Gasteiger partial charge in [-0.3, -0.25) is 4.68 Å². The lowest BCUT2D eigenvalue weighted by atomic mass is 10.3. The van der Waals surface area contributed by atoms with E-state index in [0.29, 0.717) is 18.4 Å². The lowest BCUT2D eigenvalue weighted by Crippen LogP contribution is -2.22. The number of nitrogen functional groups attached to an aromatic ring is 1. The highest BCUT2D eigenvalue weighted by Crippen LogP contribution is 2.18. The summed E-state index contributed by atoms with van der Waals surface area (Å²) < 4.78 is 1.80. The van der Waals surface area contributed by atoms with E-state index in [1.165, 1.54) is 12.8 Å². The summed E-state index contributed by atoms with van der Waals surface area (Å²) in [6.07, 6.45) is 4.32. The Bertz CT molecular complexity index is 629. The maximum absolute atomic E-state index is 5.78. The van der Waals surface area contributed by atoms with Gasteiger partial charge in [0.25, 0.3) is 0 Å². The number of aryl methyl sites for hydroxylation is 2. The van der Waals surface area contributed by atoms with Crippen molar-refractivity contribution in [1.29, 1.82) is 0 Å². The Morgan fingerprint density at radius 1 is 1.24 bits per heavy atom. The van der Waals surface area contributed by atoms with Gasteiger partial charge in [0, 0.05) is 38.4 Å². The van der Waals surface area contributed by atoms with Crippen molar-refractivity contribution in [3.63, 3.8) is 0 Å². The van der Waals surface area contributed by atoms with Crippen LogP contribution in [0.1, 0.15) is 24.1 Å². The van der Waals surface area contributed by atoms with E-state index in [2.05, 4.69) is 30.3 Å². The second-order valence-corrected chi connectivity index (χ2v) is 5.28. The summed E-state index contributed by atoms with van der Waals surface area (Å²) in [7, 11) is 1.91. The van der Waals surface area contributed by atoms with E-state index in [0.717, 1.165) is 24.3 Å². The number of nitrogens with two attached hydrogens (primary N) is 1. The van der Waals surface area contributed by atoms with Gasteiger partial charge in [0.1, 0.15) is 0 Å². The van der Waals surface area contributed by atoms with Crippen molar-refractivity contribution in [3.8, 4) is 0 Å². The Balaban J connectivity index is 1.74. The zero-order chi connectivity index (χ0) is 14.8. The molecular formula is C13H20N8. The summed E-state index contributed by atoms with van der Waals surface area (Å²) >= 11 is 0. The molecule has 1 fully saturated rings. The van der Waals surface area contributed by atoms with Gasteiger partial charge < -0.3 is 16.0 Å². The Labute approximate surface area is 123 Å². The van der Waals surface area contributed by atoms with Crippen molar-refractivity contribution in [1.82, 2.24) is 24.7 Å². The molecule has 0 radical (unpaired) electrons. The molecule has 2 aromatic heterocycles. The molecule has 3 rings (SSSR count). The van der Waals surface area contributed by atoms with Crippen LogP contribution in [0.5, 0.6) is 0 Å². The van der Waals surface area contributed by atoms with Crippen LogP contribution in [0.25, 0.3) is 0 Å². The molecule has 0 aliphatic carbocycles. The summed E-state index contributed by atoms with van der Waals surface area (Å²) in [4.78, 5) is 15.0. The number of anilines is 3. The van der Waals surface area contributed by atoms with Crippen molar-refractivity contribution in [2.45, 2.75) is 26.3 Å². The second kappa shape index (κ2) is 5.55. The first-order valence-electron chi connectivity index (χ1n) is 7.11. The third kappa shape index (κ3) is 3.04. The van der Waals surface area contributed by atoms with Gasteiger partial charge in [0.2, 0.25) is 17.8 Å². The van der Waals surface area contributed by atoms with Crippen LogP contribution in [0.4, 0.5) is 17.8 Å². The lowest BCUT2D eigenvalue weighted by molar-refractivity contribution is 0.756. The Morgan fingerprint density at radius 3 is 2.67 bits per heavy atom. The van der Waals surface area contributed by atoms with E-state index in [-0.39, 0.29) is 5.95 Å². The fourth-order valence-electron chi connectivity index (χ4n) is 2.51. The fourth-order valence-corrected chi connectivity index (χ4v) is 2.51. The van der Waals surface area contributed by atoms with Crippen LogP contribution in [0, 0.1) is 6.92 Å². The highest BCUT2D eigenvalue weighted by Gasteiger charge is 2.16. The predicted octanol–water partition coefficient (Wildman–Crippen LogP) is 0.708. The number of hydrogen-bond acceptors (Lipinski definition) is 7. The molecule has 8 heteroatoms. The number of aromatic nitrogens is 5. The molecule has 0 unspecified atom stereocenters. The second-order valence-electron chi connectivity index (χ2n) is 5.28. The van der Waals surface area contributed by atoms with E-state index >= 15 is 0 Å². The van der Waals surface area contributed by atoms with Gasteiger partial charge in [-0.1, -0.05) is 0 Å². The Kier molecular flexibility index (Phi) is 3.59. The minimum Gasteiger partial charge on any atom is -0.368 e. The zero-order valence-corrected chi connectivity index (χ0v) is 12.4. The SMILES string of the molecule is Cc1nn(C)cc1CNc1nc(N)nc(N2CCCC2)n1. The molecule has 8 nitrogen and oxygen atoms in total.